The summed E-state index contributed by atoms with van der Waals surface area (Å²) in [6.07, 6.45) is 2.44. The minimum absolute atomic E-state index is 0.0499. The first-order valence-corrected chi connectivity index (χ1v) is 9.18. The van der Waals surface area contributed by atoms with Gasteiger partial charge in [-0.1, -0.05) is 17.7 Å². The third kappa shape index (κ3) is 2.95. The molecule has 0 saturated carbocycles. The number of aromatic amines is 1. The third-order valence-electron chi connectivity index (χ3n) is 5.29. The number of fused-ring (bicyclic) bond motifs is 3. The van der Waals surface area contributed by atoms with Crippen molar-refractivity contribution in [3.05, 3.63) is 58.2 Å². The lowest BCUT2D eigenvalue weighted by Gasteiger charge is -2.22. The zero-order chi connectivity index (χ0) is 18.3. The molecule has 0 radical (unpaired) electrons. The van der Waals surface area contributed by atoms with E-state index in [4.69, 9.17) is 16.3 Å². The van der Waals surface area contributed by atoms with E-state index in [0.29, 0.717) is 5.02 Å². The number of ether oxygens (including phenoxy) is 1. The zero-order valence-corrected chi connectivity index (χ0v) is 15.6. The Balaban J connectivity index is 1.59. The first-order chi connectivity index (χ1) is 12.6. The number of nitrogens with one attached hydrogen (secondary N) is 2. The smallest absolute Gasteiger partial charge is 0.227 e. The van der Waals surface area contributed by atoms with Crippen LogP contribution in [0.4, 0.5) is 5.69 Å². The van der Waals surface area contributed by atoms with E-state index in [1.165, 1.54) is 11.3 Å². The maximum Gasteiger partial charge on any atom is 0.227 e. The van der Waals surface area contributed by atoms with Gasteiger partial charge in [-0.2, -0.15) is 0 Å². The van der Waals surface area contributed by atoms with Gasteiger partial charge in [-0.05, 0) is 67.6 Å². The fourth-order valence-corrected chi connectivity index (χ4v) is 3.90. The summed E-state index contributed by atoms with van der Waals surface area (Å²) in [5, 5.41) is 4.87. The van der Waals surface area contributed by atoms with E-state index in [0.717, 1.165) is 47.2 Å². The molecule has 5 heteroatoms. The van der Waals surface area contributed by atoms with Crippen molar-refractivity contribution in [2.24, 2.45) is 5.92 Å². The van der Waals surface area contributed by atoms with E-state index >= 15 is 0 Å². The van der Waals surface area contributed by atoms with Crippen LogP contribution < -0.4 is 10.1 Å². The van der Waals surface area contributed by atoms with Gasteiger partial charge >= 0.3 is 0 Å². The minimum atomic E-state index is -0.0499. The number of halogens is 1. The van der Waals surface area contributed by atoms with Crippen molar-refractivity contribution in [2.75, 3.05) is 12.4 Å². The Morgan fingerprint density at radius 2 is 2.15 bits per heavy atom. The van der Waals surface area contributed by atoms with Crippen LogP contribution in [0.15, 0.2) is 36.4 Å². The van der Waals surface area contributed by atoms with Crippen LogP contribution in [0.3, 0.4) is 0 Å². The number of amides is 1. The number of aromatic nitrogens is 1. The average molecular weight is 369 g/mol. The number of methoxy groups -OCH3 is 1. The molecule has 0 saturated heterocycles. The third-order valence-corrected chi connectivity index (χ3v) is 5.70. The Morgan fingerprint density at radius 3 is 2.96 bits per heavy atom. The molecule has 0 spiro atoms. The molecule has 1 unspecified atom stereocenters. The molecule has 3 aromatic rings. The highest BCUT2D eigenvalue weighted by atomic mass is 35.5. The molecular weight excluding hydrogens is 348 g/mol. The van der Waals surface area contributed by atoms with Gasteiger partial charge in [0.25, 0.3) is 0 Å². The molecule has 4 nitrogen and oxygen atoms in total. The summed E-state index contributed by atoms with van der Waals surface area (Å²) in [6.45, 7) is 1.92. The van der Waals surface area contributed by atoms with Gasteiger partial charge in [-0.15, -0.1) is 0 Å². The Bertz CT molecular complexity index is 993. The number of anilines is 1. The molecule has 0 fully saturated rings. The van der Waals surface area contributed by atoms with Gasteiger partial charge in [0.15, 0.2) is 0 Å². The average Bonchev–Trinajstić information content (AvgIpc) is 3.02. The molecule has 1 aliphatic carbocycles. The SMILES string of the molecule is COc1ccc2[nH]c3c(c2c1)CC(C(=O)Nc1cccc(Cl)c1C)CC3. The Labute approximate surface area is 157 Å². The Morgan fingerprint density at radius 1 is 1.31 bits per heavy atom. The fraction of sp³-hybridized carbons (Fsp3) is 0.286. The molecule has 1 amide bonds. The molecule has 2 aromatic carbocycles. The van der Waals surface area contributed by atoms with Crippen molar-refractivity contribution >= 4 is 34.1 Å². The van der Waals surface area contributed by atoms with Crippen molar-refractivity contribution < 1.29 is 9.53 Å². The molecule has 26 heavy (non-hydrogen) atoms. The summed E-state index contributed by atoms with van der Waals surface area (Å²) in [4.78, 5) is 16.3. The molecule has 1 heterocycles. The Hall–Kier alpha value is -2.46. The lowest BCUT2D eigenvalue weighted by atomic mass is 9.85. The predicted octanol–water partition coefficient (Wildman–Crippen LogP) is 4.88. The number of hydrogen-bond donors (Lipinski definition) is 2. The van der Waals surface area contributed by atoms with Crippen molar-refractivity contribution in [1.82, 2.24) is 4.98 Å². The topological polar surface area (TPSA) is 54.1 Å². The lowest BCUT2D eigenvalue weighted by Crippen LogP contribution is -2.28. The zero-order valence-electron chi connectivity index (χ0n) is 14.9. The summed E-state index contributed by atoms with van der Waals surface area (Å²) in [7, 11) is 1.67. The van der Waals surface area contributed by atoms with Crippen LogP contribution in [0.25, 0.3) is 10.9 Å². The second-order valence-corrected chi connectivity index (χ2v) is 7.24. The lowest BCUT2D eigenvalue weighted by molar-refractivity contribution is -0.120. The maximum atomic E-state index is 12.8. The Kier molecular flexibility index (Phi) is 4.37. The highest BCUT2D eigenvalue weighted by Crippen LogP contribution is 2.34. The molecule has 1 aromatic heterocycles. The summed E-state index contributed by atoms with van der Waals surface area (Å²) in [5.74, 6) is 0.838. The van der Waals surface area contributed by atoms with Crippen molar-refractivity contribution in [3.63, 3.8) is 0 Å². The van der Waals surface area contributed by atoms with Gasteiger partial charge in [-0.3, -0.25) is 4.79 Å². The van der Waals surface area contributed by atoms with E-state index in [9.17, 15) is 4.79 Å². The highest BCUT2D eigenvalue weighted by molar-refractivity contribution is 6.31. The maximum absolute atomic E-state index is 12.8. The largest absolute Gasteiger partial charge is 0.497 e. The summed E-state index contributed by atoms with van der Waals surface area (Å²) < 4.78 is 5.35. The van der Waals surface area contributed by atoms with Gasteiger partial charge in [0.05, 0.1) is 7.11 Å². The number of carbonyl (C=O) groups excluding carboxylic acids is 1. The van der Waals surface area contributed by atoms with Gasteiger partial charge in [0.2, 0.25) is 5.91 Å². The van der Waals surface area contributed by atoms with Crippen LogP contribution in [0.1, 0.15) is 23.2 Å². The van der Waals surface area contributed by atoms with Crippen LogP contribution in [0, 0.1) is 12.8 Å². The number of aryl methyl sites for hydroxylation is 1. The monoisotopic (exact) mass is 368 g/mol. The number of carbonyl (C=O) groups is 1. The number of hydrogen-bond acceptors (Lipinski definition) is 2. The van der Waals surface area contributed by atoms with E-state index < -0.39 is 0 Å². The van der Waals surface area contributed by atoms with Gasteiger partial charge < -0.3 is 15.0 Å². The van der Waals surface area contributed by atoms with Crippen LogP contribution in [-0.4, -0.2) is 18.0 Å². The van der Waals surface area contributed by atoms with Gasteiger partial charge in [0, 0.05) is 33.2 Å². The fourth-order valence-electron chi connectivity index (χ4n) is 3.72. The summed E-state index contributed by atoms with van der Waals surface area (Å²) >= 11 is 6.16. The van der Waals surface area contributed by atoms with Crippen molar-refractivity contribution in [3.8, 4) is 5.75 Å². The molecule has 1 aliphatic rings. The second-order valence-electron chi connectivity index (χ2n) is 6.83. The van der Waals surface area contributed by atoms with E-state index in [2.05, 4.69) is 10.3 Å². The second kappa shape index (κ2) is 6.69. The molecular formula is C21H21ClN2O2. The first kappa shape index (κ1) is 17.0. The highest BCUT2D eigenvalue weighted by Gasteiger charge is 2.28. The normalized spacial score (nSPS) is 16.3. The first-order valence-electron chi connectivity index (χ1n) is 8.80. The quantitative estimate of drug-likeness (QED) is 0.692. The van der Waals surface area contributed by atoms with Gasteiger partial charge in [0.1, 0.15) is 5.75 Å². The summed E-state index contributed by atoms with van der Waals surface area (Å²) in [6, 6.07) is 11.6. The number of rotatable bonds is 3. The standard InChI is InChI=1S/C21H21ClN2O2/c1-12-17(22)4-3-5-18(12)24-21(25)13-6-8-19-15(10-13)16-11-14(26-2)7-9-20(16)23-19/h3-5,7,9,11,13,23H,6,8,10H2,1-2H3,(H,24,25). The van der Waals surface area contributed by atoms with Crippen molar-refractivity contribution in [2.45, 2.75) is 26.2 Å². The van der Waals surface area contributed by atoms with Crippen LogP contribution in [-0.2, 0) is 17.6 Å². The van der Waals surface area contributed by atoms with E-state index in [1.807, 2.05) is 43.3 Å². The number of H-pyrrole nitrogens is 1. The van der Waals surface area contributed by atoms with E-state index in [1.54, 1.807) is 7.11 Å². The molecule has 2 N–H and O–H groups in total. The van der Waals surface area contributed by atoms with Crippen molar-refractivity contribution in [1.29, 1.82) is 0 Å². The molecule has 4 rings (SSSR count). The van der Waals surface area contributed by atoms with E-state index in [-0.39, 0.29) is 11.8 Å². The number of benzene rings is 2. The minimum Gasteiger partial charge on any atom is -0.497 e. The molecule has 0 bridgehead atoms. The van der Waals surface area contributed by atoms with Crippen LogP contribution in [0.5, 0.6) is 5.75 Å². The molecule has 134 valence electrons. The summed E-state index contributed by atoms with van der Waals surface area (Å²) in [5.41, 5.74) is 5.25. The van der Waals surface area contributed by atoms with Gasteiger partial charge in [-0.25, -0.2) is 0 Å². The molecule has 0 aliphatic heterocycles. The predicted molar refractivity (Wildman–Crippen MR) is 105 cm³/mol. The van der Waals surface area contributed by atoms with Crippen LogP contribution >= 0.6 is 11.6 Å². The molecule has 1 atom stereocenters. The van der Waals surface area contributed by atoms with Crippen LogP contribution in [0.2, 0.25) is 5.02 Å².